The minimum absolute atomic E-state index is 0.200. The van der Waals surface area contributed by atoms with Gasteiger partial charge in [-0.25, -0.2) is 0 Å². The predicted molar refractivity (Wildman–Crippen MR) is 350 cm³/mol. The summed E-state index contributed by atoms with van der Waals surface area (Å²) in [6, 6.07) is -0.838. The number of carbonyl (C=O) groups excluding carboxylic acids is 1. The van der Waals surface area contributed by atoms with Crippen LogP contribution >= 0.6 is 0 Å². The van der Waals surface area contributed by atoms with Gasteiger partial charge in [-0.05, 0) is 109 Å². The van der Waals surface area contributed by atoms with Crippen molar-refractivity contribution in [3.8, 4) is 0 Å². The molecule has 0 bridgehead atoms. The fourth-order valence-electron chi connectivity index (χ4n) is 9.49. The summed E-state index contributed by atoms with van der Waals surface area (Å²) in [6.45, 7) is 3.65. The molecular formula is C73H121NO8. The van der Waals surface area contributed by atoms with Crippen LogP contribution in [-0.4, -0.2) is 87.5 Å². The van der Waals surface area contributed by atoms with Crippen LogP contribution in [0, 0.1) is 0 Å². The summed E-state index contributed by atoms with van der Waals surface area (Å²) in [6.07, 6.45) is 86.4. The Kier molecular flexibility index (Phi) is 55.9. The average Bonchev–Trinajstić information content (AvgIpc) is 3.52. The number of hydrogen-bond donors (Lipinski definition) is 6. The molecule has 6 N–H and O–H groups in total. The average molecular weight is 1140 g/mol. The van der Waals surface area contributed by atoms with E-state index in [-0.39, 0.29) is 12.5 Å². The van der Waals surface area contributed by atoms with Crippen LogP contribution in [0.2, 0.25) is 0 Å². The van der Waals surface area contributed by atoms with Crippen LogP contribution in [0.25, 0.3) is 0 Å². The molecule has 0 radical (unpaired) electrons. The predicted octanol–water partition coefficient (Wildman–Crippen LogP) is 17.8. The lowest BCUT2D eigenvalue weighted by molar-refractivity contribution is -0.302. The van der Waals surface area contributed by atoms with Crippen molar-refractivity contribution in [3.05, 3.63) is 146 Å². The number of unbranched alkanes of at least 4 members (excludes halogenated alkanes) is 23. The van der Waals surface area contributed by atoms with Gasteiger partial charge in [0, 0.05) is 6.42 Å². The van der Waals surface area contributed by atoms with Crippen molar-refractivity contribution in [2.45, 2.75) is 294 Å². The first-order valence-electron chi connectivity index (χ1n) is 33.1. The first kappa shape index (κ1) is 76.1. The van der Waals surface area contributed by atoms with Crippen LogP contribution in [0.4, 0.5) is 0 Å². The van der Waals surface area contributed by atoms with E-state index in [1.165, 1.54) is 116 Å². The number of allylic oxidation sites excluding steroid dienone is 23. The van der Waals surface area contributed by atoms with Crippen LogP contribution in [0.5, 0.6) is 0 Å². The third-order valence-corrected chi connectivity index (χ3v) is 14.6. The van der Waals surface area contributed by atoms with Gasteiger partial charge in [0.25, 0.3) is 0 Å². The smallest absolute Gasteiger partial charge is 0.220 e. The Morgan fingerprint density at radius 1 is 0.427 bits per heavy atom. The zero-order chi connectivity index (χ0) is 59.3. The van der Waals surface area contributed by atoms with Gasteiger partial charge in [0.05, 0.1) is 25.4 Å². The molecule has 0 aromatic carbocycles. The van der Waals surface area contributed by atoms with Crippen molar-refractivity contribution in [2.75, 3.05) is 13.2 Å². The molecule has 1 rings (SSSR count). The quantitative estimate of drug-likeness (QED) is 0.0261. The highest BCUT2D eigenvalue weighted by Crippen LogP contribution is 2.23. The molecule has 1 fully saturated rings. The SMILES string of the molecule is CC/C=C\C/C=C\C/C=C\C/C=C\C/C=C\C/C=C\C/C=C\C/C=C\C/C=C\C/C=C\CCCCCCCCCCC(=O)NC(COC1OC(CO)C(O)C(O)C1O)C(O)/C=C/CC/C=C/CCCCCCCCCCCCCCCC. The second-order valence-corrected chi connectivity index (χ2v) is 22.2. The lowest BCUT2D eigenvalue weighted by Crippen LogP contribution is -2.60. The summed E-state index contributed by atoms with van der Waals surface area (Å²) in [7, 11) is 0. The normalized spacial score (nSPS) is 19.3. The summed E-state index contributed by atoms with van der Waals surface area (Å²) in [4.78, 5) is 13.1. The summed E-state index contributed by atoms with van der Waals surface area (Å²) in [5.41, 5.74) is 0. The van der Waals surface area contributed by atoms with E-state index >= 15 is 0 Å². The Hall–Kier alpha value is -3.93. The Morgan fingerprint density at radius 3 is 1.17 bits per heavy atom. The molecule has 7 unspecified atom stereocenters. The number of aliphatic hydroxyl groups is 5. The van der Waals surface area contributed by atoms with E-state index in [1.807, 2.05) is 6.08 Å². The largest absolute Gasteiger partial charge is 0.394 e. The minimum atomic E-state index is -1.58. The third kappa shape index (κ3) is 48.4. The van der Waals surface area contributed by atoms with Gasteiger partial charge < -0.3 is 40.3 Å². The number of amides is 1. The van der Waals surface area contributed by atoms with Crippen molar-refractivity contribution in [1.82, 2.24) is 5.32 Å². The zero-order valence-corrected chi connectivity index (χ0v) is 51.9. The Labute approximate surface area is 502 Å². The van der Waals surface area contributed by atoms with E-state index in [1.54, 1.807) is 6.08 Å². The van der Waals surface area contributed by atoms with Gasteiger partial charge >= 0.3 is 0 Å². The number of aliphatic hydroxyl groups excluding tert-OH is 5. The van der Waals surface area contributed by atoms with Crippen molar-refractivity contribution in [3.63, 3.8) is 0 Å². The Bertz CT molecular complexity index is 1800. The Balaban J connectivity index is 2.19. The number of nitrogens with one attached hydrogen (secondary N) is 1. The summed E-state index contributed by atoms with van der Waals surface area (Å²) in [5.74, 6) is -0.200. The van der Waals surface area contributed by atoms with Crippen molar-refractivity contribution in [1.29, 1.82) is 0 Å². The topological polar surface area (TPSA) is 149 Å². The maximum absolute atomic E-state index is 13.1. The van der Waals surface area contributed by atoms with Crippen LogP contribution in [0.15, 0.2) is 146 Å². The molecule has 0 saturated carbocycles. The van der Waals surface area contributed by atoms with E-state index < -0.39 is 49.5 Å². The van der Waals surface area contributed by atoms with Gasteiger partial charge in [0.2, 0.25) is 5.91 Å². The van der Waals surface area contributed by atoms with E-state index in [2.05, 4.69) is 153 Å². The van der Waals surface area contributed by atoms with Crippen LogP contribution < -0.4 is 5.32 Å². The van der Waals surface area contributed by atoms with Gasteiger partial charge in [-0.3, -0.25) is 4.79 Å². The molecule has 7 atom stereocenters. The maximum atomic E-state index is 13.1. The second-order valence-electron chi connectivity index (χ2n) is 22.2. The van der Waals surface area contributed by atoms with E-state index in [0.29, 0.717) is 6.42 Å². The molecule has 0 spiro atoms. The number of carbonyl (C=O) groups is 1. The molecule has 1 aliphatic heterocycles. The van der Waals surface area contributed by atoms with Crippen molar-refractivity contribution < 1.29 is 39.8 Å². The monoisotopic (exact) mass is 1140 g/mol. The highest BCUT2D eigenvalue weighted by atomic mass is 16.7. The second kappa shape index (κ2) is 60.2. The number of ether oxygens (including phenoxy) is 2. The lowest BCUT2D eigenvalue weighted by atomic mass is 9.99. The van der Waals surface area contributed by atoms with Crippen molar-refractivity contribution >= 4 is 5.91 Å². The molecule has 1 heterocycles. The first-order valence-corrected chi connectivity index (χ1v) is 33.1. The first-order chi connectivity index (χ1) is 40.3. The molecule has 9 heteroatoms. The third-order valence-electron chi connectivity index (χ3n) is 14.6. The molecule has 466 valence electrons. The molecule has 9 nitrogen and oxygen atoms in total. The van der Waals surface area contributed by atoms with Crippen LogP contribution in [0.3, 0.4) is 0 Å². The fraction of sp³-hybridized carbons (Fsp3) is 0.658. The summed E-state index contributed by atoms with van der Waals surface area (Å²) < 4.78 is 11.3. The van der Waals surface area contributed by atoms with Gasteiger partial charge in [0.1, 0.15) is 24.4 Å². The number of hydrogen-bond acceptors (Lipinski definition) is 8. The van der Waals surface area contributed by atoms with E-state index in [4.69, 9.17) is 9.47 Å². The summed E-state index contributed by atoms with van der Waals surface area (Å²) >= 11 is 0. The van der Waals surface area contributed by atoms with E-state index in [9.17, 15) is 30.3 Å². The minimum Gasteiger partial charge on any atom is -0.394 e. The fourth-order valence-corrected chi connectivity index (χ4v) is 9.49. The summed E-state index contributed by atoms with van der Waals surface area (Å²) in [5, 5.41) is 54.6. The molecule has 0 aromatic rings. The number of rotatable bonds is 55. The maximum Gasteiger partial charge on any atom is 0.220 e. The molecular weight excluding hydrogens is 1020 g/mol. The highest BCUT2D eigenvalue weighted by molar-refractivity contribution is 5.76. The van der Waals surface area contributed by atoms with Crippen LogP contribution in [-0.2, 0) is 14.3 Å². The molecule has 1 saturated heterocycles. The molecule has 1 aliphatic rings. The van der Waals surface area contributed by atoms with Crippen LogP contribution in [0.1, 0.15) is 251 Å². The van der Waals surface area contributed by atoms with Crippen molar-refractivity contribution in [2.24, 2.45) is 0 Å². The van der Waals surface area contributed by atoms with Gasteiger partial charge in [0.15, 0.2) is 6.29 Å². The standard InChI is InChI=1S/C73H121NO8/c1-3-5-7-9-11-13-15-17-19-21-23-25-26-27-28-29-30-31-32-33-34-35-36-37-38-39-40-41-42-43-45-47-49-51-53-55-57-59-61-63-69(77)74-66(65-81-73-72(80)71(79)70(78)68(64-75)82-73)67(76)62-60-58-56-54-52-50-48-46-44-24-22-20-18-16-14-12-10-8-6-4-2/h5,7,11,13,17,19,23,25,27-28,30-31,33-34,36-37,39-40,42-43,52,54,60,62,66-68,70-73,75-76,78-80H,3-4,6,8-10,12,14-16,18,20-22,24,26,29,32,35,38,41,44-51,53,55-59,61,63-65H2,1-2H3,(H,74,77)/b7-5-,13-11-,19-17-,25-23-,28-27-,31-30-,34-33-,37-36-,40-39-,43-42-,54-52+,62-60+. The molecule has 0 aromatic heterocycles. The lowest BCUT2D eigenvalue weighted by Gasteiger charge is -2.40. The molecule has 0 aliphatic carbocycles. The van der Waals surface area contributed by atoms with Gasteiger partial charge in [-0.15, -0.1) is 0 Å². The zero-order valence-electron chi connectivity index (χ0n) is 51.9. The van der Waals surface area contributed by atoms with Gasteiger partial charge in [-0.1, -0.05) is 282 Å². The molecule has 1 amide bonds. The Morgan fingerprint density at radius 2 is 0.768 bits per heavy atom. The van der Waals surface area contributed by atoms with Gasteiger partial charge in [-0.2, -0.15) is 0 Å². The molecule has 82 heavy (non-hydrogen) atoms. The van der Waals surface area contributed by atoms with E-state index in [0.717, 1.165) is 116 Å². The highest BCUT2D eigenvalue weighted by Gasteiger charge is 2.44.